The highest BCUT2D eigenvalue weighted by Crippen LogP contribution is 2.28. The van der Waals surface area contributed by atoms with Crippen LogP contribution in [0.15, 0.2) is 24.4 Å². The van der Waals surface area contributed by atoms with Crippen molar-refractivity contribution >= 4 is 17.4 Å². The molecule has 0 saturated heterocycles. The molecular formula is C22H26N2O2. The Hall–Kier alpha value is -2.49. The predicted molar refractivity (Wildman–Crippen MR) is 104 cm³/mol. The van der Waals surface area contributed by atoms with Crippen LogP contribution < -0.4 is 5.32 Å². The fourth-order valence-corrected chi connectivity index (χ4v) is 3.68. The third-order valence-electron chi connectivity index (χ3n) is 4.99. The van der Waals surface area contributed by atoms with Gasteiger partial charge < -0.3 is 5.32 Å². The molecule has 0 atom stereocenters. The maximum Gasteiger partial charge on any atom is 0.256 e. The van der Waals surface area contributed by atoms with Gasteiger partial charge in [0.2, 0.25) is 0 Å². The Balaban J connectivity index is 2.02. The molecule has 1 amide bonds. The molecule has 1 heterocycles. The monoisotopic (exact) mass is 350 g/mol. The highest BCUT2D eigenvalue weighted by molar-refractivity contribution is 6.11. The van der Waals surface area contributed by atoms with E-state index in [1.807, 2.05) is 39.8 Å². The van der Waals surface area contributed by atoms with E-state index in [4.69, 9.17) is 0 Å². The van der Waals surface area contributed by atoms with E-state index in [-0.39, 0.29) is 17.6 Å². The third kappa shape index (κ3) is 3.41. The largest absolute Gasteiger partial charge is 0.321 e. The lowest BCUT2D eigenvalue weighted by molar-refractivity contribution is 0.0939. The highest BCUT2D eigenvalue weighted by Gasteiger charge is 2.23. The standard InChI is InChI=1S/C22H26N2O2/c1-5-15-11-14(4)12-19(20(15)21(25)13(2)3)24-22(26)17-9-10-23-18-8-6-7-16(17)18/h9-13H,5-8H2,1-4H3,(H,24,26). The minimum atomic E-state index is -0.156. The lowest BCUT2D eigenvalue weighted by Gasteiger charge is -2.18. The van der Waals surface area contributed by atoms with Crippen LogP contribution in [0, 0.1) is 12.8 Å². The van der Waals surface area contributed by atoms with Crippen LogP contribution in [0.2, 0.25) is 0 Å². The number of carbonyl (C=O) groups is 2. The molecule has 0 spiro atoms. The number of amides is 1. The first-order valence-corrected chi connectivity index (χ1v) is 9.38. The van der Waals surface area contributed by atoms with Gasteiger partial charge in [-0.05, 0) is 61.4 Å². The maximum atomic E-state index is 13.0. The number of carbonyl (C=O) groups excluding carboxylic acids is 2. The van der Waals surface area contributed by atoms with Crippen LogP contribution in [0.1, 0.15) is 70.3 Å². The van der Waals surface area contributed by atoms with Crippen molar-refractivity contribution < 1.29 is 9.59 Å². The van der Waals surface area contributed by atoms with Crippen molar-refractivity contribution in [2.24, 2.45) is 5.92 Å². The Morgan fingerprint density at radius 1 is 1.23 bits per heavy atom. The number of nitrogens with one attached hydrogen (secondary N) is 1. The van der Waals surface area contributed by atoms with Gasteiger partial charge in [0.15, 0.2) is 5.78 Å². The van der Waals surface area contributed by atoms with E-state index in [9.17, 15) is 9.59 Å². The van der Waals surface area contributed by atoms with Crippen molar-refractivity contribution in [3.8, 4) is 0 Å². The Labute approximate surface area is 155 Å². The zero-order valence-electron chi connectivity index (χ0n) is 16.0. The van der Waals surface area contributed by atoms with Crippen molar-refractivity contribution in [3.63, 3.8) is 0 Å². The van der Waals surface area contributed by atoms with Gasteiger partial charge in [-0.15, -0.1) is 0 Å². The molecule has 2 aromatic rings. The van der Waals surface area contributed by atoms with Crippen LogP contribution in [0.25, 0.3) is 0 Å². The fourth-order valence-electron chi connectivity index (χ4n) is 3.68. The second-order valence-corrected chi connectivity index (χ2v) is 7.31. The average Bonchev–Trinajstić information content (AvgIpc) is 3.09. The number of pyridine rings is 1. The van der Waals surface area contributed by atoms with E-state index in [1.54, 1.807) is 12.3 Å². The molecule has 0 radical (unpaired) electrons. The maximum absolute atomic E-state index is 13.0. The molecule has 1 N–H and O–H groups in total. The second kappa shape index (κ2) is 7.40. The molecule has 0 saturated carbocycles. The number of hydrogen-bond acceptors (Lipinski definition) is 3. The van der Waals surface area contributed by atoms with Crippen LogP contribution >= 0.6 is 0 Å². The number of rotatable bonds is 5. The molecule has 1 aliphatic carbocycles. The summed E-state index contributed by atoms with van der Waals surface area (Å²) < 4.78 is 0. The van der Waals surface area contributed by atoms with Gasteiger partial charge in [0.05, 0.1) is 5.69 Å². The molecule has 1 aliphatic rings. The van der Waals surface area contributed by atoms with Gasteiger partial charge in [0.1, 0.15) is 0 Å². The zero-order valence-corrected chi connectivity index (χ0v) is 16.0. The summed E-state index contributed by atoms with van der Waals surface area (Å²) >= 11 is 0. The topological polar surface area (TPSA) is 59.1 Å². The lowest BCUT2D eigenvalue weighted by atomic mass is 9.91. The van der Waals surface area contributed by atoms with Crippen LogP contribution in [0.3, 0.4) is 0 Å². The number of fused-ring (bicyclic) bond motifs is 1. The molecule has 1 aromatic carbocycles. The second-order valence-electron chi connectivity index (χ2n) is 7.31. The molecule has 0 fully saturated rings. The normalized spacial score (nSPS) is 13.0. The lowest BCUT2D eigenvalue weighted by Crippen LogP contribution is -2.20. The number of aryl methyl sites for hydroxylation is 3. The molecule has 0 aliphatic heterocycles. The van der Waals surface area contributed by atoms with Crippen LogP contribution in [-0.2, 0) is 19.3 Å². The van der Waals surface area contributed by atoms with E-state index in [1.165, 1.54) is 0 Å². The van der Waals surface area contributed by atoms with Crippen molar-refractivity contribution in [1.82, 2.24) is 4.98 Å². The Morgan fingerprint density at radius 3 is 2.69 bits per heavy atom. The molecule has 26 heavy (non-hydrogen) atoms. The first kappa shape index (κ1) is 18.3. The van der Waals surface area contributed by atoms with Crippen molar-refractivity contribution in [2.75, 3.05) is 5.32 Å². The average molecular weight is 350 g/mol. The summed E-state index contributed by atoms with van der Waals surface area (Å²) in [5.74, 6) is -0.211. The van der Waals surface area contributed by atoms with E-state index >= 15 is 0 Å². The third-order valence-corrected chi connectivity index (χ3v) is 4.99. The number of ketones is 1. The number of nitrogens with zero attached hydrogens (tertiary/aromatic N) is 1. The quantitative estimate of drug-likeness (QED) is 0.806. The van der Waals surface area contributed by atoms with Gasteiger partial charge in [-0.1, -0.05) is 26.8 Å². The SMILES string of the molecule is CCc1cc(C)cc(NC(=O)c2ccnc3c2CCC3)c1C(=O)C(C)C. The van der Waals surface area contributed by atoms with Crippen molar-refractivity contribution in [2.45, 2.75) is 53.4 Å². The summed E-state index contributed by atoms with van der Waals surface area (Å²) in [6, 6.07) is 5.71. The summed E-state index contributed by atoms with van der Waals surface area (Å²) in [6.45, 7) is 7.81. The summed E-state index contributed by atoms with van der Waals surface area (Å²) in [6.07, 6.45) is 5.31. The first-order valence-electron chi connectivity index (χ1n) is 9.38. The van der Waals surface area contributed by atoms with Crippen molar-refractivity contribution in [1.29, 1.82) is 0 Å². The Morgan fingerprint density at radius 2 is 2.00 bits per heavy atom. The molecule has 0 unspecified atom stereocenters. The smallest absolute Gasteiger partial charge is 0.256 e. The van der Waals surface area contributed by atoms with Gasteiger partial charge >= 0.3 is 0 Å². The molecular weight excluding hydrogens is 324 g/mol. The van der Waals surface area contributed by atoms with Crippen LogP contribution in [0.5, 0.6) is 0 Å². The Kier molecular flexibility index (Phi) is 5.21. The Bertz CT molecular complexity index is 869. The number of benzene rings is 1. The summed E-state index contributed by atoms with van der Waals surface area (Å²) in [4.78, 5) is 30.2. The number of aromatic nitrogens is 1. The molecule has 136 valence electrons. The van der Waals surface area contributed by atoms with Crippen LogP contribution in [-0.4, -0.2) is 16.7 Å². The fraction of sp³-hybridized carbons (Fsp3) is 0.409. The zero-order chi connectivity index (χ0) is 18.8. The van der Waals surface area contributed by atoms with Crippen molar-refractivity contribution in [3.05, 3.63) is 57.9 Å². The minimum absolute atomic E-state index is 0.0668. The predicted octanol–water partition coefficient (Wildman–Crippen LogP) is 4.53. The van der Waals surface area contributed by atoms with Gasteiger partial charge in [0.25, 0.3) is 5.91 Å². The summed E-state index contributed by atoms with van der Waals surface area (Å²) in [7, 11) is 0. The van der Waals surface area contributed by atoms with E-state index in [2.05, 4.69) is 10.3 Å². The van der Waals surface area contributed by atoms with Gasteiger partial charge in [-0.3, -0.25) is 14.6 Å². The number of anilines is 1. The number of Topliss-reactive ketones (excluding diaryl/α,β-unsaturated/α-hetero) is 1. The molecule has 3 rings (SSSR count). The molecule has 4 heteroatoms. The van der Waals surface area contributed by atoms with Gasteiger partial charge in [-0.2, -0.15) is 0 Å². The molecule has 1 aromatic heterocycles. The highest BCUT2D eigenvalue weighted by atomic mass is 16.2. The van der Waals surface area contributed by atoms with Crippen LogP contribution in [0.4, 0.5) is 5.69 Å². The van der Waals surface area contributed by atoms with Gasteiger partial charge in [-0.25, -0.2) is 0 Å². The molecule has 0 bridgehead atoms. The minimum Gasteiger partial charge on any atom is -0.321 e. The summed E-state index contributed by atoms with van der Waals surface area (Å²) in [5.41, 5.74) is 6.03. The van der Waals surface area contributed by atoms with E-state index in [0.717, 1.165) is 48.1 Å². The van der Waals surface area contributed by atoms with E-state index < -0.39 is 0 Å². The van der Waals surface area contributed by atoms with E-state index in [0.29, 0.717) is 16.8 Å². The number of hydrogen-bond donors (Lipinski definition) is 1. The molecule has 4 nitrogen and oxygen atoms in total. The van der Waals surface area contributed by atoms with Gasteiger partial charge in [0, 0.05) is 28.9 Å². The summed E-state index contributed by atoms with van der Waals surface area (Å²) in [5, 5.41) is 3.02. The first-order chi connectivity index (χ1) is 12.4.